The molecule has 1 heterocycles. The molecule has 3 nitrogen and oxygen atoms in total. The van der Waals surface area contributed by atoms with E-state index in [1.54, 1.807) is 13.0 Å². The van der Waals surface area contributed by atoms with Crippen LogP contribution in [0, 0.1) is 6.92 Å². The van der Waals surface area contributed by atoms with E-state index in [-0.39, 0.29) is 11.0 Å². The predicted molar refractivity (Wildman–Crippen MR) is 72.6 cm³/mol. The first-order valence-corrected chi connectivity index (χ1v) is 6.62. The van der Waals surface area contributed by atoms with Crippen LogP contribution in [0.25, 0.3) is 11.0 Å². The Kier molecular flexibility index (Phi) is 4.25. The zero-order valence-electron chi connectivity index (χ0n) is 11.7. The van der Waals surface area contributed by atoms with Gasteiger partial charge in [-0.3, -0.25) is 0 Å². The van der Waals surface area contributed by atoms with Gasteiger partial charge in [-0.2, -0.15) is 13.2 Å². The van der Waals surface area contributed by atoms with E-state index >= 15 is 0 Å². The maximum absolute atomic E-state index is 12.7. The Labute approximate surface area is 119 Å². The Morgan fingerprint density at radius 2 is 2.00 bits per heavy atom. The van der Waals surface area contributed by atoms with Gasteiger partial charge in [0.2, 0.25) is 0 Å². The minimum absolute atomic E-state index is 0.127. The molecule has 2 aromatic rings. The summed E-state index contributed by atoms with van der Waals surface area (Å²) in [5.41, 5.74) is -2.03. The molecule has 0 aliphatic carbocycles. The predicted octanol–water partition coefficient (Wildman–Crippen LogP) is 4.30. The maximum atomic E-state index is 12.7. The SMILES string of the molecule is CCCCOc1ccc2cc(C(F)(F)F)c(=O)oc2c1C. The van der Waals surface area contributed by atoms with Gasteiger partial charge in [-0.25, -0.2) is 4.79 Å². The first-order valence-electron chi connectivity index (χ1n) is 6.62. The smallest absolute Gasteiger partial charge is 0.423 e. The highest BCUT2D eigenvalue weighted by molar-refractivity contribution is 5.82. The second kappa shape index (κ2) is 5.79. The van der Waals surface area contributed by atoms with Crippen molar-refractivity contribution < 1.29 is 22.3 Å². The van der Waals surface area contributed by atoms with Gasteiger partial charge in [0.05, 0.1) is 6.61 Å². The summed E-state index contributed by atoms with van der Waals surface area (Å²) < 4.78 is 48.4. The van der Waals surface area contributed by atoms with Gasteiger partial charge in [0.25, 0.3) is 0 Å². The lowest BCUT2D eigenvalue weighted by molar-refractivity contribution is -0.139. The third-order valence-electron chi connectivity index (χ3n) is 3.16. The Balaban J connectivity index is 2.49. The number of halogens is 3. The van der Waals surface area contributed by atoms with Crippen molar-refractivity contribution >= 4 is 11.0 Å². The molecule has 0 aliphatic rings. The first-order chi connectivity index (χ1) is 9.84. The maximum Gasteiger partial charge on any atom is 0.423 e. The number of aryl methyl sites for hydroxylation is 1. The van der Waals surface area contributed by atoms with Crippen molar-refractivity contribution in [3.05, 3.63) is 39.7 Å². The van der Waals surface area contributed by atoms with Crippen LogP contribution in [0.4, 0.5) is 13.2 Å². The fourth-order valence-corrected chi connectivity index (χ4v) is 1.99. The number of hydrogen-bond donors (Lipinski definition) is 0. The molecule has 0 bridgehead atoms. The van der Waals surface area contributed by atoms with Crippen molar-refractivity contribution in [2.75, 3.05) is 6.61 Å². The number of fused-ring (bicyclic) bond motifs is 1. The van der Waals surface area contributed by atoms with Crippen LogP contribution < -0.4 is 10.4 Å². The highest BCUT2D eigenvalue weighted by Crippen LogP contribution is 2.32. The summed E-state index contributed by atoms with van der Waals surface area (Å²) >= 11 is 0. The highest BCUT2D eigenvalue weighted by Gasteiger charge is 2.35. The van der Waals surface area contributed by atoms with E-state index < -0.39 is 17.4 Å². The van der Waals surface area contributed by atoms with Crippen LogP contribution >= 0.6 is 0 Å². The Hall–Kier alpha value is -1.98. The molecule has 1 aromatic heterocycles. The second-order valence-electron chi connectivity index (χ2n) is 4.75. The van der Waals surface area contributed by atoms with Gasteiger partial charge >= 0.3 is 11.8 Å². The minimum atomic E-state index is -4.72. The number of benzene rings is 1. The summed E-state index contributed by atoms with van der Waals surface area (Å²) in [5, 5.41) is 0.224. The molecule has 1 aromatic carbocycles. The molecule has 6 heteroatoms. The lowest BCUT2D eigenvalue weighted by atomic mass is 10.1. The van der Waals surface area contributed by atoms with Crippen molar-refractivity contribution in [3.8, 4) is 5.75 Å². The molecule has 0 unspecified atom stereocenters. The van der Waals surface area contributed by atoms with E-state index in [1.807, 2.05) is 6.92 Å². The average molecular weight is 300 g/mol. The highest BCUT2D eigenvalue weighted by atomic mass is 19.4. The number of alkyl halides is 3. The van der Waals surface area contributed by atoms with Gasteiger partial charge in [0.1, 0.15) is 16.9 Å². The van der Waals surface area contributed by atoms with Crippen molar-refractivity contribution in [2.24, 2.45) is 0 Å². The summed E-state index contributed by atoms with van der Waals surface area (Å²) in [6.45, 7) is 4.18. The molecular weight excluding hydrogens is 285 g/mol. The molecule has 0 aliphatic heterocycles. The molecule has 0 fully saturated rings. The van der Waals surface area contributed by atoms with Gasteiger partial charge < -0.3 is 9.15 Å². The third kappa shape index (κ3) is 3.20. The summed E-state index contributed by atoms with van der Waals surface area (Å²) in [6, 6.07) is 3.86. The van der Waals surface area contributed by atoms with Crippen molar-refractivity contribution in [2.45, 2.75) is 32.9 Å². The molecule has 0 atom stereocenters. The molecular formula is C15H15F3O3. The summed E-state index contributed by atoms with van der Waals surface area (Å²) in [7, 11) is 0. The zero-order chi connectivity index (χ0) is 15.6. The topological polar surface area (TPSA) is 39.4 Å². The molecule has 2 rings (SSSR count). The second-order valence-corrected chi connectivity index (χ2v) is 4.75. The largest absolute Gasteiger partial charge is 0.493 e. The van der Waals surface area contributed by atoms with E-state index in [0.717, 1.165) is 18.9 Å². The van der Waals surface area contributed by atoms with Crippen LogP contribution in [0.3, 0.4) is 0 Å². The van der Waals surface area contributed by atoms with Crippen molar-refractivity contribution in [1.29, 1.82) is 0 Å². The summed E-state index contributed by atoms with van der Waals surface area (Å²) in [5.74, 6) is 0.513. The molecule has 0 amide bonds. The van der Waals surface area contributed by atoms with E-state index in [2.05, 4.69) is 0 Å². The number of rotatable bonds is 4. The molecule has 21 heavy (non-hydrogen) atoms. The van der Waals surface area contributed by atoms with E-state index in [9.17, 15) is 18.0 Å². The van der Waals surface area contributed by atoms with Gasteiger partial charge in [-0.15, -0.1) is 0 Å². The van der Waals surface area contributed by atoms with Crippen LogP contribution in [0.15, 0.2) is 27.4 Å². The van der Waals surface area contributed by atoms with Crippen LogP contribution in [0.2, 0.25) is 0 Å². The monoisotopic (exact) mass is 300 g/mol. The first kappa shape index (κ1) is 15.4. The van der Waals surface area contributed by atoms with Crippen LogP contribution in [0.5, 0.6) is 5.75 Å². The fourth-order valence-electron chi connectivity index (χ4n) is 1.99. The number of unbranched alkanes of at least 4 members (excludes halogenated alkanes) is 1. The zero-order valence-corrected chi connectivity index (χ0v) is 11.7. The number of hydrogen-bond acceptors (Lipinski definition) is 3. The lowest BCUT2D eigenvalue weighted by Gasteiger charge is -2.11. The molecule has 0 radical (unpaired) electrons. The van der Waals surface area contributed by atoms with Gasteiger partial charge in [-0.05, 0) is 31.5 Å². The Morgan fingerprint density at radius 3 is 2.62 bits per heavy atom. The van der Waals surface area contributed by atoms with Crippen LogP contribution in [-0.2, 0) is 6.18 Å². The molecule has 0 N–H and O–H groups in total. The Morgan fingerprint density at radius 1 is 1.29 bits per heavy atom. The standard InChI is InChI=1S/C15H15F3O3/c1-3-4-7-20-12-6-5-10-8-11(15(16,17)18)14(19)21-13(10)9(12)2/h5-6,8H,3-4,7H2,1-2H3. The third-order valence-corrected chi connectivity index (χ3v) is 3.16. The van der Waals surface area contributed by atoms with Gasteiger partial charge in [0.15, 0.2) is 0 Å². The van der Waals surface area contributed by atoms with E-state index in [4.69, 9.17) is 9.15 Å². The molecule has 0 saturated carbocycles. The van der Waals surface area contributed by atoms with Crippen LogP contribution in [0.1, 0.15) is 30.9 Å². The quantitative estimate of drug-likeness (QED) is 0.624. The van der Waals surface area contributed by atoms with E-state index in [0.29, 0.717) is 17.9 Å². The minimum Gasteiger partial charge on any atom is -0.493 e. The molecule has 114 valence electrons. The molecule has 0 saturated heterocycles. The number of ether oxygens (including phenoxy) is 1. The van der Waals surface area contributed by atoms with Gasteiger partial charge in [0, 0.05) is 10.9 Å². The average Bonchev–Trinajstić information content (AvgIpc) is 2.40. The van der Waals surface area contributed by atoms with Crippen molar-refractivity contribution in [3.63, 3.8) is 0 Å². The van der Waals surface area contributed by atoms with Gasteiger partial charge in [-0.1, -0.05) is 13.3 Å². The summed E-state index contributed by atoms with van der Waals surface area (Å²) in [4.78, 5) is 11.5. The van der Waals surface area contributed by atoms with Crippen molar-refractivity contribution in [1.82, 2.24) is 0 Å². The lowest BCUT2D eigenvalue weighted by Crippen LogP contribution is -2.18. The van der Waals surface area contributed by atoms with Crippen LogP contribution in [-0.4, -0.2) is 6.61 Å². The fraction of sp³-hybridized carbons (Fsp3) is 0.400. The summed E-state index contributed by atoms with van der Waals surface area (Å²) in [6.07, 6.45) is -2.88. The van der Waals surface area contributed by atoms with E-state index in [1.165, 1.54) is 6.07 Å². The Bertz CT molecular complexity index is 702. The normalized spacial score (nSPS) is 11.9. The molecule has 0 spiro atoms.